The number of piperidine rings is 2. The second kappa shape index (κ2) is 21.8. The van der Waals surface area contributed by atoms with Crippen molar-refractivity contribution in [2.75, 3.05) is 40.3 Å². The summed E-state index contributed by atoms with van der Waals surface area (Å²) in [5.74, 6) is -1.32. The molecule has 14 heteroatoms. The zero-order valence-electron chi connectivity index (χ0n) is 48.4. The Kier molecular flexibility index (Phi) is 13.0. The summed E-state index contributed by atoms with van der Waals surface area (Å²) < 4.78 is 57.0. The fourth-order valence-electron chi connectivity index (χ4n) is 12.2. The van der Waals surface area contributed by atoms with Gasteiger partial charge in [0.05, 0.1) is 26.2 Å². The van der Waals surface area contributed by atoms with E-state index in [9.17, 15) is 30.0 Å². The number of aromatic amines is 2. The molecule has 8 aromatic carbocycles. The van der Waals surface area contributed by atoms with E-state index in [4.69, 9.17) is 7.73 Å². The number of hydrogen-bond donors (Lipinski definition) is 4. The van der Waals surface area contributed by atoms with Gasteiger partial charge in [-0.15, -0.1) is 0 Å². The number of phenolic OH excluding ortho intramolecular Hbond substituents is 2. The molecule has 4 N–H and O–H groups in total. The Labute approximate surface area is 478 Å². The number of aromatic hydroxyl groups is 2. The standard InChI is InChI=1S/2C34H31FN4O2/c2*1-38-16-14-23(15-17-38)21-6-8-22(9-7-21)24-10-11-25-20-39(34(41)27(25)18-24)32(28-19-26(35)12-13-31(28)40)33-36-29-4-2-3-5-30(29)37-33/h2*2-13,18-19,23,32,40H,14-17,20H2,1H3,(H,36,37)/i20D2,32D;. The van der Waals surface area contributed by atoms with Crippen LogP contribution in [-0.2, 0) is 13.0 Å². The number of para-hydroxylation sites is 4. The number of amides is 2. The van der Waals surface area contributed by atoms with Crippen molar-refractivity contribution >= 4 is 33.9 Å². The van der Waals surface area contributed by atoms with E-state index in [0.717, 1.165) is 101 Å². The highest BCUT2D eigenvalue weighted by Crippen LogP contribution is 2.43. The Morgan fingerprint density at radius 3 is 1.54 bits per heavy atom. The third-order valence-corrected chi connectivity index (χ3v) is 16.8. The molecule has 2 amide bonds. The van der Waals surface area contributed by atoms with Gasteiger partial charge in [-0.25, -0.2) is 18.7 Å². The molecule has 0 aliphatic carbocycles. The van der Waals surface area contributed by atoms with Crippen molar-refractivity contribution in [3.05, 3.63) is 238 Å². The van der Waals surface area contributed by atoms with Gasteiger partial charge in [0.25, 0.3) is 11.8 Å². The number of benzene rings is 8. The van der Waals surface area contributed by atoms with Crippen LogP contribution in [-0.4, -0.2) is 102 Å². The van der Waals surface area contributed by atoms with E-state index in [0.29, 0.717) is 40.8 Å². The maximum atomic E-state index is 14.6. The zero-order valence-corrected chi connectivity index (χ0v) is 45.4. The number of aromatic nitrogens is 4. The number of fused-ring (bicyclic) bond motifs is 4. The van der Waals surface area contributed by atoms with Crippen molar-refractivity contribution < 1.29 is 32.7 Å². The first-order valence-electron chi connectivity index (χ1n) is 29.4. The first-order chi connectivity index (χ1) is 41.0. The topological polar surface area (TPSA) is 145 Å². The van der Waals surface area contributed by atoms with E-state index in [1.54, 1.807) is 47.4 Å². The number of carbonyl (C=O) groups excluding carboxylic acids is 2. The van der Waals surface area contributed by atoms with Gasteiger partial charge in [0, 0.05) is 35.3 Å². The molecule has 12 nitrogen and oxygen atoms in total. The van der Waals surface area contributed by atoms with Crippen molar-refractivity contribution in [2.24, 2.45) is 0 Å². The van der Waals surface area contributed by atoms with Crippen LogP contribution >= 0.6 is 0 Å². The lowest BCUT2D eigenvalue weighted by Gasteiger charge is -2.29. The van der Waals surface area contributed by atoms with E-state index < -0.39 is 41.8 Å². The van der Waals surface area contributed by atoms with E-state index in [-0.39, 0.29) is 39.7 Å². The summed E-state index contributed by atoms with van der Waals surface area (Å²) in [6, 6.07) is 46.2. The quantitative estimate of drug-likeness (QED) is 0.106. The molecule has 0 radical (unpaired) electrons. The summed E-state index contributed by atoms with van der Waals surface area (Å²) in [6.45, 7) is 2.20. The molecule has 14 rings (SSSR count). The summed E-state index contributed by atoms with van der Waals surface area (Å²) in [5.41, 5.74) is 10.5. The van der Waals surface area contributed by atoms with Crippen LogP contribution in [0.25, 0.3) is 44.3 Å². The van der Waals surface area contributed by atoms with Gasteiger partial charge < -0.3 is 39.8 Å². The normalized spacial score (nSPS) is 18.4. The fourth-order valence-corrected chi connectivity index (χ4v) is 12.2. The number of carbonyl (C=O) groups is 2. The zero-order chi connectivity index (χ0) is 58.9. The van der Waals surface area contributed by atoms with Gasteiger partial charge in [-0.05, 0) is 195 Å². The van der Waals surface area contributed by atoms with Crippen molar-refractivity contribution in [1.29, 1.82) is 0 Å². The Hall–Kier alpha value is -8.98. The van der Waals surface area contributed by atoms with Gasteiger partial charge in [-0.2, -0.15) is 0 Å². The Balaban J connectivity index is 0.000000159. The van der Waals surface area contributed by atoms with Gasteiger partial charge in [-0.3, -0.25) is 9.59 Å². The number of imidazole rings is 2. The summed E-state index contributed by atoms with van der Waals surface area (Å²) in [4.78, 5) is 50.9. The highest BCUT2D eigenvalue weighted by Gasteiger charge is 2.40. The molecule has 2 fully saturated rings. The summed E-state index contributed by atoms with van der Waals surface area (Å²) in [7, 11) is 4.32. The van der Waals surface area contributed by atoms with E-state index in [2.05, 4.69) is 81.3 Å². The number of likely N-dealkylation sites (tertiary alicyclic amines) is 2. The minimum absolute atomic E-state index is 0.0813. The maximum Gasteiger partial charge on any atom is 0.255 e. The Morgan fingerprint density at radius 1 is 0.537 bits per heavy atom. The van der Waals surface area contributed by atoms with Crippen LogP contribution in [0.3, 0.4) is 0 Å². The van der Waals surface area contributed by atoms with Gasteiger partial charge >= 0.3 is 0 Å². The van der Waals surface area contributed by atoms with Crippen LogP contribution in [0.1, 0.15) is 119 Å². The van der Waals surface area contributed by atoms with Crippen LogP contribution in [0.4, 0.5) is 8.78 Å². The molecule has 2 atom stereocenters. The number of phenols is 2. The molecule has 4 aliphatic heterocycles. The number of halogens is 2. The average Bonchev–Trinajstić information content (AvgIpc) is 1.67. The van der Waals surface area contributed by atoms with Crippen molar-refractivity contribution in [3.63, 3.8) is 0 Å². The van der Waals surface area contributed by atoms with Gasteiger partial charge in [-0.1, -0.05) is 97.1 Å². The van der Waals surface area contributed by atoms with Gasteiger partial charge in [0.15, 0.2) is 0 Å². The van der Waals surface area contributed by atoms with Crippen LogP contribution in [0.15, 0.2) is 170 Å². The molecule has 6 heterocycles. The smallest absolute Gasteiger partial charge is 0.255 e. The lowest BCUT2D eigenvalue weighted by Crippen LogP contribution is -2.31. The van der Waals surface area contributed by atoms with E-state index >= 15 is 0 Å². The number of nitrogens with zero attached hydrogens (tertiary/aromatic N) is 6. The molecular formula is C68H62F2N8O4. The molecule has 2 aromatic heterocycles. The fraction of sp³-hybridized carbons (Fsp3) is 0.235. The van der Waals surface area contributed by atoms with Crippen molar-refractivity contribution in [2.45, 2.75) is 62.6 Å². The second-order valence-electron chi connectivity index (χ2n) is 22.1. The molecule has 412 valence electrons. The van der Waals surface area contributed by atoms with Crippen molar-refractivity contribution in [1.82, 2.24) is 39.5 Å². The summed E-state index contributed by atoms with van der Waals surface area (Å²) >= 11 is 0. The van der Waals surface area contributed by atoms with Crippen molar-refractivity contribution in [3.8, 4) is 33.8 Å². The minimum Gasteiger partial charge on any atom is -0.508 e. The minimum atomic E-state index is -2.50. The van der Waals surface area contributed by atoms with Gasteiger partial charge in [0.2, 0.25) is 0 Å². The summed E-state index contributed by atoms with van der Waals surface area (Å²) in [6.07, 6.45) is 4.56. The first kappa shape index (κ1) is 48.9. The molecule has 0 spiro atoms. The highest BCUT2D eigenvalue weighted by molar-refractivity contribution is 6.01. The van der Waals surface area contributed by atoms with Crippen LogP contribution in [0.5, 0.6) is 11.5 Å². The third-order valence-electron chi connectivity index (χ3n) is 16.8. The second-order valence-corrected chi connectivity index (χ2v) is 22.1. The SMILES string of the molecule is CN1CCC(c2ccc(-c3ccc4c(c3)C(=O)N(C(c3nc5ccccc5[nH]3)c3cc(F)ccc3O)C4)cc2)CC1.[2H]C1([2H])c2ccc(-c3ccc(C4CCN(C)CC4)cc3)cc2C(=O)N1C([2H])(c1nc2ccccc2[nH]1)c1cc(F)ccc1O. The average molecular weight is 1100 g/mol. The lowest BCUT2D eigenvalue weighted by molar-refractivity contribution is 0.0716. The number of rotatable bonds is 10. The Morgan fingerprint density at radius 2 is 0.988 bits per heavy atom. The third kappa shape index (κ3) is 10.2. The summed E-state index contributed by atoms with van der Waals surface area (Å²) in [5, 5.41) is 21.7. The molecular weight excluding hydrogens is 1030 g/mol. The molecule has 10 aromatic rings. The predicted molar refractivity (Wildman–Crippen MR) is 314 cm³/mol. The highest BCUT2D eigenvalue weighted by atomic mass is 19.1. The molecule has 0 saturated carbocycles. The van der Waals surface area contributed by atoms with Gasteiger partial charge in [0.1, 0.15) is 46.8 Å². The lowest BCUT2D eigenvalue weighted by atomic mass is 9.88. The molecule has 2 saturated heterocycles. The number of nitrogens with one attached hydrogen (secondary N) is 2. The van der Waals surface area contributed by atoms with Crippen LogP contribution < -0.4 is 0 Å². The van der Waals surface area contributed by atoms with Crippen LogP contribution in [0, 0.1) is 11.6 Å². The predicted octanol–water partition coefficient (Wildman–Crippen LogP) is 13.3. The monoisotopic (exact) mass is 1100 g/mol. The molecule has 0 bridgehead atoms. The van der Waals surface area contributed by atoms with E-state index in [1.807, 2.05) is 48.5 Å². The Bertz CT molecular complexity index is 4130. The van der Waals surface area contributed by atoms with E-state index in [1.165, 1.54) is 42.2 Å². The largest absolute Gasteiger partial charge is 0.508 e. The number of hydrogen-bond acceptors (Lipinski definition) is 8. The number of H-pyrrole nitrogens is 2. The maximum absolute atomic E-state index is 14.6. The molecule has 2 unspecified atom stereocenters. The molecule has 82 heavy (non-hydrogen) atoms. The molecule has 4 aliphatic rings. The van der Waals surface area contributed by atoms with Crippen LogP contribution in [0.2, 0.25) is 0 Å². The first-order valence-corrected chi connectivity index (χ1v) is 27.9.